The molecule has 0 saturated carbocycles. The van der Waals surface area contributed by atoms with Gasteiger partial charge in [0, 0.05) is 13.1 Å². The zero-order valence-corrected chi connectivity index (χ0v) is 16.7. The molecule has 3 heterocycles. The molecule has 1 aliphatic heterocycles. The van der Waals surface area contributed by atoms with Crippen molar-refractivity contribution in [3.8, 4) is 5.69 Å². The molecule has 146 valence electrons. The van der Waals surface area contributed by atoms with Gasteiger partial charge in [-0.2, -0.15) is 0 Å². The average molecular weight is 398 g/mol. The normalized spacial score (nSPS) is 13.9. The van der Waals surface area contributed by atoms with Crippen molar-refractivity contribution >= 4 is 23.7 Å². The molecule has 0 atom stereocenters. The van der Waals surface area contributed by atoms with E-state index in [4.69, 9.17) is 4.42 Å². The monoisotopic (exact) mass is 398 g/mol. The van der Waals surface area contributed by atoms with E-state index in [2.05, 4.69) is 55.6 Å². The Morgan fingerprint density at radius 3 is 2.61 bits per heavy atom. The van der Waals surface area contributed by atoms with Crippen LogP contribution >= 0.6 is 11.8 Å². The number of nitrogens with zero attached hydrogens (tertiary/aromatic N) is 4. The fraction of sp³-hybridized carbons (Fsp3) is 0.350. The second-order valence-electron chi connectivity index (χ2n) is 6.69. The van der Waals surface area contributed by atoms with Crippen LogP contribution in [0.25, 0.3) is 5.69 Å². The quantitative estimate of drug-likeness (QED) is 0.461. The average Bonchev–Trinajstić information content (AvgIpc) is 3.46. The van der Waals surface area contributed by atoms with Gasteiger partial charge in [-0.25, -0.2) is 4.79 Å². The van der Waals surface area contributed by atoms with Gasteiger partial charge in [0.1, 0.15) is 5.76 Å². The molecule has 0 bridgehead atoms. The maximum Gasteiger partial charge on any atom is 0.373 e. The number of aryl methyl sites for hydroxylation is 1. The van der Waals surface area contributed by atoms with E-state index < -0.39 is 5.97 Å². The molecule has 1 saturated heterocycles. The Kier molecular flexibility index (Phi) is 5.38. The first-order valence-electron chi connectivity index (χ1n) is 9.23. The number of anilines is 1. The van der Waals surface area contributed by atoms with E-state index >= 15 is 0 Å². The lowest BCUT2D eigenvalue weighted by Gasteiger charge is -2.18. The van der Waals surface area contributed by atoms with E-state index in [-0.39, 0.29) is 5.76 Å². The number of thioether (sulfide) groups is 1. The first-order valence-corrected chi connectivity index (χ1v) is 10.2. The van der Waals surface area contributed by atoms with Crippen molar-refractivity contribution in [3.63, 3.8) is 0 Å². The number of aromatic nitrogens is 3. The van der Waals surface area contributed by atoms with Crippen molar-refractivity contribution in [3.05, 3.63) is 53.5 Å². The van der Waals surface area contributed by atoms with Crippen LogP contribution < -0.4 is 4.90 Å². The van der Waals surface area contributed by atoms with Crippen LogP contribution in [0.1, 0.15) is 34.7 Å². The van der Waals surface area contributed by atoms with Gasteiger partial charge in [0.2, 0.25) is 11.7 Å². The number of furan rings is 1. The van der Waals surface area contributed by atoms with Crippen molar-refractivity contribution in [2.45, 2.75) is 30.7 Å². The highest BCUT2D eigenvalue weighted by molar-refractivity contribution is 7.98. The van der Waals surface area contributed by atoms with E-state index in [1.54, 1.807) is 12.1 Å². The molecular weight excluding hydrogens is 376 g/mol. The molecule has 28 heavy (non-hydrogen) atoms. The van der Waals surface area contributed by atoms with Gasteiger partial charge >= 0.3 is 5.97 Å². The number of hydrogen-bond acceptors (Lipinski definition) is 7. The van der Waals surface area contributed by atoms with Gasteiger partial charge in [-0.15, -0.1) is 10.2 Å². The smallest absolute Gasteiger partial charge is 0.373 e. The predicted molar refractivity (Wildman–Crippen MR) is 107 cm³/mol. The van der Waals surface area contributed by atoms with Crippen molar-refractivity contribution in [2.24, 2.45) is 0 Å². The van der Waals surface area contributed by atoms with Crippen LogP contribution in [-0.4, -0.2) is 40.9 Å². The van der Waals surface area contributed by atoms with Crippen LogP contribution in [0, 0.1) is 6.92 Å². The van der Waals surface area contributed by atoms with Crippen LogP contribution in [0.4, 0.5) is 5.95 Å². The van der Waals surface area contributed by atoms with Crippen molar-refractivity contribution in [2.75, 3.05) is 25.1 Å². The summed E-state index contributed by atoms with van der Waals surface area (Å²) in [5, 5.41) is 9.70. The van der Waals surface area contributed by atoms with E-state index in [1.807, 2.05) is 0 Å². The summed E-state index contributed by atoms with van der Waals surface area (Å²) in [6.45, 7) is 4.06. The summed E-state index contributed by atoms with van der Waals surface area (Å²) in [6.07, 6.45) is 2.35. The number of carbonyl (C=O) groups excluding carboxylic acids is 1. The number of ether oxygens (including phenoxy) is 1. The maximum absolute atomic E-state index is 11.6. The van der Waals surface area contributed by atoms with Crippen LogP contribution in [0.2, 0.25) is 0 Å². The summed E-state index contributed by atoms with van der Waals surface area (Å²) in [4.78, 5) is 13.8. The molecule has 1 fully saturated rings. The van der Waals surface area contributed by atoms with Gasteiger partial charge in [0.25, 0.3) is 0 Å². The first kappa shape index (κ1) is 18.6. The molecular formula is C20H22N4O3S. The van der Waals surface area contributed by atoms with Gasteiger partial charge in [0.15, 0.2) is 5.16 Å². The largest absolute Gasteiger partial charge is 0.463 e. The van der Waals surface area contributed by atoms with Crippen LogP contribution in [-0.2, 0) is 10.5 Å². The third kappa shape index (κ3) is 3.77. The third-order valence-corrected chi connectivity index (χ3v) is 5.64. The Labute approximate surface area is 167 Å². The van der Waals surface area contributed by atoms with Crippen LogP contribution in [0.3, 0.4) is 0 Å². The third-order valence-electron chi connectivity index (χ3n) is 4.69. The van der Waals surface area contributed by atoms with E-state index in [0.29, 0.717) is 11.5 Å². The lowest BCUT2D eigenvalue weighted by Crippen LogP contribution is -2.22. The zero-order valence-electron chi connectivity index (χ0n) is 15.9. The predicted octanol–water partition coefficient (Wildman–Crippen LogP) is 3.85. The molecule has 8 heteroatoms. The van der Waals surface area contributed by atoms with Gasteiger partial charge in [-0.1, -0.05) is 29.5 Å². The number of rotatable bonds is 6. The van der Waals surface area contributed by atoms with Gasteiger partial charge < -0.3 is 14.1 Å². The summed E-state index contributed by atoms with van der Waals surface area (Å²) in [7, 11) is 1.34. The number of carbonyl (C=O) groups is 1. The standard InChI is InChI=1S/C20H22N4O3S/c1-14-5-7-15(8-6-14)24-19(23-11-3-4-12-23)21-22-20(24)28-13-16-9-10-17(27-16)18(25)26-2/h5-10H,3-4,11-13H2,1-2H3. The molecule has 3 aromatic rings. The molecule has 7 nitrogen and oxygen atoms in total. The van der Waals surface area contributed by atoms with Gasteiger partial charge in [-0.05, 0) is 44.0 Å². The molecule has 0 spiro atoms. The molecule has 0 unspecified atom stereocenters. The highest BCUT2D eigenvalue weighted by atomic mass is 32.2. The number of benzene rings is 1. The SMILES string of the molecule is COC(=O)c1ccc(CSc2nnc(N3CCCC3)n2-c2ccc(C)cc2)o1. The number of esters is 1. The molecule has 0 radical (unpaired) electrons. The fourth-order valence-electron chi connectivity index (χ4n) is 3.20. The summed E-state index contributed by atoms with van der Waals surface area (Å²) >= 11 is 1.53. The summed E-state index contributed by atoms with van der Waals surface area (Å²) < 4.78 is 12.3. The minimum atomic E-state index is -0.476. The lowest BCUT2D eigenvalue weighted by molar-refractivity contribution is 0.0563. The molecule has 1 aromatic carbocycles. The second kappa shape index (κ2) is 8.10. The molecule has 0 aliphatic carbocycles. The Balaban J connectivity index is 1.60. The topological polar surface area (TPSA) is 73.4 Å². The fourth-order valence-corrected chi connectivity index (χ4v) is 4.04. The molecule has 0 amide bonds. The first-order chi connectivity index (χ1) is 13.7. The Morgan fingerprint density at radius 2 is 1.89 bits per heavy atom. The second-order valence-corrected chi connectivity index (χ2v) is 7.64. The maximum atomic E-state index is 11.6. The van der Waals surface area contributed by atoms with Crippen molar-refractivity contribution in [1.29, 1.82) is 0 Å². The zero-order chi connectivity index (χ0) is 19.5. The minimum Gasteiger partial charge on any atom is -0.463 e. The van der Waals surface area contributed by atoms with E-state index in [9.17, 15) is 4.79 Å². The molecule has 0 N–H and O–H groups in total. The van der Waals surface area contributed by atoms with Crippen LogP contribution in [0.5, 0.6) is 0 Å². The van der Waals surface area contributed by atoms with Crippen molar-refractivity contribution < 1.29 is 13.9 Å². The minimum absolute atomic E-state index is 0.204. The molecule has 2 aromatic heterocycles. The van der Waals surface area contributed by atoms with Gasteiger partial charge in [0.05, 0.1) is 18.6 Å². The van der Waals surface area contributed by atoms with E-state index in [1.165, 1.54) is 37.3 Å². The van der Waals surface area contributed by atoms with Crippen molar-refractivity contribution in [1.82, 2.24) is 14.8 Å². The highest BCUT2D eigenvalue weighted by Crippen LogP contribution is 2.30. The number of methoxy groups -OCH3 is 1. The Morgan fingerprint density at radius 1 is 1.14 bits per heavy atom. The summed E-state index contributed by atoms with van der Waals surface area (Å²) in [5.41, 5.74) is 2.24. The van der Waals surface area contributed by atoms with Crippen LogP contribution in [0.15, 0.2) is 46.0 Å². The Hall–Kier alpha value is -2.74. The highest BCUT2D eigenvalue weighted by Gasteiger charge is 2.23. The summed E-state index contributed by atoms with van der Waals surface area (Å²) in [6, 6.07) is 11.8. The number of hydrogen-bond donors (Lipinski definition) is 0. The summed E-state index contributed by atoms with van der Waals surface area (Å²) in [5.74, 6) is 1.83. The molecule has 1 aliphatic rings. The molecule has 4 rings (SSSR count). The van der Waals surface area contributed by atoms with E-state index in [0.717, 1.165) is 29.9 Å². The van der Waals surface area contributed by atoms with Gasteiger partial charge in [-0.3, -0.25) is 4.57 Å². The Bertz CT molecular complexity index is 958. The lowest BCUT2D eigenvalue weighted by atomic mass is 10.2.